The predicted octanol–water partition coefficient (Wildman–Crippen LogP) is 2.36. The Bertz CT molecular complexity index is 717. The molecule has 0 aromatic heterocycles. The van der Waals surface area contributed by atoms with E-state index in [0.717, 1.165) is 18.2 Å². The average molecular weight is 379 g/mol. The molecule has 0 radical (unpaired) electrons. The number of ketones is 2. The van der Waals surface area contributed by atoms with E-state index in [2.05, 4.69) is 9.84 Å². The first-order chi connectivity index (χ1) is 11.5. The van der Waals surface area contributed by atoms with E-state index in [0.29, 0.717) is 0 Å². The van der Waals surface area contributed by atoms with Crippen LogP contribution in [0.3, 0.4) is 0 Å². The van der Waals surface area contributed by atoms with Crippen molar-refractivity contribution in [2.45, 2.75) is 32.6 Å². The highest BCUT2D eigenvalue weighted by molar-refractivity contribution is 7.46. The quantitative estimate of drug-likeness (QED) is 0.443. The smallest absolute Gasteiger partial charge is 0.404 e. The van der Waals surface area contributed by atoms with Gasteiger partial charge in [0, 0.05) is 18.5 Å². The van der Waals surface area contributed by atoms with Crippen LogP contribution in [0.4, 0.5) is 14.5 Å². The molecule has 0 spiro atoms. The van der Waals surface area contributed by atoms with E-state index in [1.165, 1.54) is 6.92 Å². The van der Waals surface area contributed by atoms with Crippen molar-refractivity contribution in [2.24, 2.45) is 0 Å². The van der Waals surface area contributed by atoms with Crippen LogP contribution in [0.25, 0.3) is 0 Å². The van der Waals surface area contributed by atoms with Crippen molar-refractivity contribution in [3.05, 3.63) is 23.8 Å². The number of benzene rings is 1. The van der Waals surface area contributed by atoms with Crippen LogP contribution in [-0.2, 0) is 18.9 Å². The Kier molecular flexibility index (Phi) is 7.35. The van der Waals surface area contributed by atoms with Crippen molar-refractivity contribution in [3.63, 3.8) is 0 Å². The van der Waals surface area contributed by atoms with E-state index in [-0.39, 0.29) is 30.7 Å². The molecule has 1 aromatic carbocycles. The molecule has 0 bridgehead atoms. The molecular weight excluding hydrogens is 363 g/mol. The summed E-state index contributed by atoms with van der Waals surface area (Å²) in [6.45, 7) is 1.24. The van der Waals surface area contributed by atoms with Crippen LogP contribution in [0.2, 0.25) is 0 Å². The monoisotopic (exact) mass is 379 g/mol. The Balaban J connectivity index is 2.77. The summed E-state index contributed by atoms with van der Waals surface area (Å²) in [6, 6.07) is 2.81. The fraction of sp³-hybridized carbons (Fsp3) is 0.357. The lowest BCUT2D eigenvalue weighted by Crippen LogP contribution is -2.14. The van der Waals surface area contributed by atoms with Crippen LogP contribution in [-0.4, -0.2) is 27.3 Å². The third-order valence-corrected chi connectivity index (χ3v) is 3.26. The van der Waals surface area contributed by atoms with Gasteiger partial charge in [0.05, 0.1) is 12.0 Å². The minimum atomic E-state index is -5.02. The summed E-state index contributed by atoms with van der Waals surface area (Å²) in [4.78, 5) is 51.2. The third kappa shape index (κ3) is 7.97. The second-order valence-corrected chi connectivity index (χ2v) is 6.26. The van der Waals surface area contributed by atoms with Gasteiger partial charge >= 0.3 is 7.82 Å². The van der Waals surface area contributed by atoms with Crippen LogP contribution in [0, 0.1) is 0 Å². The number of hydrogen-bond donors (Lipinski definition) is 3. The van der Waals surface area contributed by atoms with Crippen LogP contribution in [0.5, 0.6) is 5.75 Å². The second kappa shape index (κ2) is 8.80. The summed E-state index contributed by atoms with van der Waals surface area (Å²) in [5.74, 6) is -2.09. The number of carbonyl (C=O) groups excluding carboxylic acids is 3. The molecule has 1 aromatic rings. The number of anilines is 1. The summed E-state index contributed by atoms with van der Waals surface area (Å²) in [5, 5.41) is 2.28. The molecule has 0 heterocycles. The molecule has 0 aliphatic heterocycles. The first-order valence-corrected chi connectivity index (χ1v) is 8.49. The lowest BCUT2D eigenvalue weighted by Gasteiger charge is -2.13. The molecule has 138 valence electrons. The minimum Gasteiger partial charge on any atom is -0.404 e. The number of carbonyl (C=O) groups is 3. The molecular formula is C14H16F2NO7P. The number of phosphoric ester groups is 1. The summed E-state index contributed by atoms with van der Waals surface area (Å²) >= 11 is 0. The highest BCUT2D eigenvalue weighted by Gasteiger charge is 2.23. The number of halogens is 2. The molecule has 0 aliphatic rings. The Hall–Kier alpha value is -2.16. The Labute approximate surface area is 141 Å². The summed E-state index contributed by atoms with van der Waals surface area (Å²) in [5.41, 5.74) is -0.869. The largest absolute Gasteiger partial charge is 0.524 e. The normalized spacial score (nSPS) is 11.3. The number of amides is 1. The Morgan fingerprint density at radius 3 is 2.40 bits per heavy atom. The van der Waals surface area contributed by atoms with E-state index in [9.17, 15) is 27.7 Å². The van der Waals surface area contributed by atoms with Gasteiger partial charge in [-0.1, -0.05) is 0 Å². The molecule has 0 fully saturated rings. The molecule has 0 saturated heterocycles. The number of rotatable bonds is 9. The van der Waals surface area contributed by atoms with Crippen molar-refractivity contribution >= 4 is 31.0 Å². The molecule has 0 unspecified atom stereocenters. The van der Waals surface area contributed by atoms with E-state index < -0.39 is 37.3 Å². The van der Waals surface area contributed by atoms with Gasteiger partial charge in [-0.2, -0.15) is 0 Å². The standard InChI is InChI=1S/C14H16F2NO7P/c1-8(18)6-10(19)3-5-13(20)17-9-2-4-12(24-25(21,22)23)11(7-9)14(15)16/h2,4,7,14H,3,5-6H2,1H3,(H,17,20)(H2,21,22,23). The maximum Gasteiger partial charge on any atom is 0.524 e. The van der Waals surface area contributed by atoms with Gasteiger partial charge in [-0.3, -0.25) is 24.2 Å². The lowest BCUT2D eigenvalue weighted by molar-refractivity contribution is -0.127. The zero-order valence-corrected chi connectivity index (χ0v) is 14.0. The highest BCUT2D eigenvalue weighted by Crippen LogP contribution is 2.42. The summed E-state index contributed by atoms with van der Waals surface area (Å²) in [6.07, 6.45) is -3.80. The van der Waals surface area contributed by atoms with Crippen molar-refractivity contribution in [1.29, 1.82) is 0 Å². The van der Waals surface area contributed by atoms with E-state index in [1.54, 1.807) is 0 Å². The Morgan fingerprint density at radius 1 is 1.24 bits per heavy atom. The van der Waals surface area contributed by atoms with Crippen LogP contribution in [0.1, 0.15) is 38.2 Å². The van der Waals surface area contributed by atoms with Gasteiger partial charge < -0.3 is 9.84 Å². The van der Waals surface area contributed by atoms with Crippen LogP contribution in [0.15, 0.2) is 18.2 Å². The predicted molar refractivity (Wildman–Crippen MR) is 82.2 cm³/mol. The fourth-order valence-electron chi connectivity index (χ4n) is 1.85. The van der Waals surface area contributed by atoms with Crippen molar-refractivity contribution in [2.75, 3.05) is 5.32 Å². The molecule has 0 atom stereocenters. The zero-order valence-electron chi connectivity index (χ0n) is 13.1. The Morgan fingerprint density at radius 2 is 1.88 bits per heavy atom. The first kappa shape index (κ1) is 20.9. The topological polar surface area (TPSA) is 130 Å². The maximum absolute atomic E-state index is 13.0. The molecule has 0 saturated carbocycles. The van der Waals surface area contributed by atoms with Gasteiger partial charge in [-0.05, 0) is 25.1 Å². The van der Waals surface area contributed by atoms with Gasteiger partial charge in [0.1, 0.15) is 17.3 Å². The molecule has 1 rings (SSSR count). The SMILES string of the molecule is CC(=O)CC(=O)CCC(=O)Nc1ccc(OP(=O)(O)O)c(C(F)F)c1. The van der Waals surface area contributed by atoms with Gasteiger partial charge in [0.15, 0.2) is 0 Å². The number of phosphoric acid groups is 1. The first-order valence-electron chi connectivity index (χ1n) is 6.96. The summed E-state index contributed by atoms with van der Waals surface area (Å²) in [7, 11) is -5.02. The molecule has 1 amide bonds. The summed E-state index contributed by atoms with van der Waals surface area (Å²) < 4.78 is 40.9. The van der Waals surface area contributed by atoms with Crippen molar-refractivity contribution < 1.29 is 42.0 Å². The number of hydrogen-bond acceptors (Lipinski definition) is 5. The zero-order chi connectivity index (χ0) is 19.2. The van der Waals surface area contributed by atoms with Crippen LogP contribution >= 0.6 is 7.82 Å². The molecule has 8 nitrogen and oxygen atoms in total. The van der Waals surface area contributed by atoms with E-state index in [1.807, 2.05) is 0 Å². The number of nitrogens with one attached hydrogen (secondary N) is 1. The number of alkyl halides is 2. The maximum atomic E-state index is 13.0. The minimum absolute atomic E-state index is 0.0580. The van der Waals surface area contributed by atoms with Crippen molar-refractivity contribution in [1.82, 2.24) is 0 Å². The van der Waals surface area contributed by atoms with Crippen LogP contribution < -0.4 is 9.84 Å². The van der Waals surface area contributed by atoms with E-state index in [4.69, 9.17) is 9.79 Å². The van der Waals surface area contributed by atoms with Gasteiger partial charge in [0.25, 0.3) is 6.43 Å². The molecule has 0 aliphatic carbocycles. The van der Waals surface area contributed by atoms with E-state index >= 15 is 0 Å². The van der Waals surface area contributed by atoms with Crippen molar-refractivity contribution in [3.8, 4) is 5.75 Å². The third-order valence-electron chi connectivity index (χ3n) is 2.82. The number of Topliss-reactive ketones (excluding diaryl/α,β-unsaturated/α-hetero) is 2. The second-order valence-electron chi connectivity index (χ2n) is 5.10. The molecule has 11 heteroatoms. The van der Waals surface area contributed by atoms with Gasteiger partial charge in [-0.25, -0.2) is 13.3 Å². The lowest BCUT2D eigenvalue weighted by atomic mass is 10.1. The van der Waals surface area contributed by atoms with Gasteiger partial charge in [-0.15, -0.1) is 0 Å². The molecule has 3 N–H and O–H groups in total. The van der Waals surface area contributed by atoms with Gasteiger partial charge in [0.2, 0.25) is 5.91 Å². The fourth-order valence-corrected chi connectivity index (χ4v) is 2.27. The molecule has 25 heavy (non-hydrogen) atoms. The highest BCUT2D eigenvalue weighted by atomic mass is 31.2. The average Bonchev–Trinajstić information content (AvgIpc) is 2.44.